The van der Waals surface area contributed by atoms with Crippen LogP contribution in [-0.4, -0.2) is 32.9 Å². The average Bonchev–Trinajstić information content (AvgIpc) is 2.43. The van der Waals surface area contributed by atoms with Gasteiger partial charge in [-0.3, -0.25) is 0 Å². The van der Waals surface area contributed by atoms with Crippen molar-refractivity contribution in [2.75, 3.05) is 27.4 Å². The van der Waals surface area contributed by atoms with Crippen molar-refractivity contribution < 1.29 is 9.47 Å². The minimum atomic E-state index is 0.144. The molecule has 1 aromatic carbocycles. The fraction of sp³-hybridized carbons (Fsp3) is 0.667. The van der Waals surface area contributed by atoms with Crippen LogP contribution in [0.15, 0.2) is 24.3 Å². The lowest BCUT2D eigenvalue weighted by Gasteiger charge is -2.29. The van der Waals surface area contributed by atoms with Crippen LogP contribution in [0.2, 0.25) is 0 Å². The van der Waals surface area contributed by atoms with Crippen LogP contribution < -0.4 is 10.1 Å². The number of nitrogens with one attached hydrogen (secondary N) is 1. The summed E-state index contributed by atoms with van der Waals surface area (Å²) < 4.78 is 10.6. The van der Waals surface area contributed by atoms with Gasteiger partial charge in [-0.2, -0.15) is 0 Å². The molecule has 120 valence electrons. The second kappa shape index (κ2) is 8.40. The first-order chi connectivity index (χ1) is 9.85. The van der Waals surface area contributed by atoms with Crippen LogP contribution in [0.25, 0.3) is 0 Å². The summed E-state index contributed by atoms with van der Waals surface area (Å²) in [6, 6.07) is 8.38. The van der Waals surface area contributed by atoms with Crippen molar-refractivity contribution >= 4 is 0 Å². The highest BCUT2D eigenvalue weighted by molar-refractivity contribution is 5.27. The van der Waals surface area contributed by atoms with Crippen molar-refractivity contribution in [3.8, 4) is 5.75 Å². The molecule has 3 heteroatoms. The molecule has 0 radical (unpaired) electrons. The Morgan fingerprint density at radius 1 is 1.10 bits per heavy atom. The Bertz CT molecular complexity index is 395. The summed E-state index contributed by atoms with van der Waals surface area (Å²) in [6.45, 7) is 10.7. The monoisotopic (exact) mass is 293 g/mol. The van der Waals surface area contributed by atoms with Gasteiger partial charge in [-0.1, -0.05) is 19.1 Å². The normalized spacial score (nSPS) is 14.8. The Kier molecular flexibility index (Phi) is 7.20. The van der Waals surface area contributed by atoms with Gasteiger partial charge >= 0.3 is 0 Å². The van der Waals surface area contributed by atoms with Crippen LogP contribution in [0.4, 0.5) is 0 Å². The number of methoxy groups -OCH3 is 2. The van der Waals surface area contributed by atoms with Gasteiger partial charge in [0.2, 0.25) is 0 Å². The molecule has 1 rings (SSSR count). The molecule has 2 unspecified atom stereocenters. The van der Waals surface area contributed by atoms with E-state index in [4.69, 9.17) is 9.47 Å². The van der Waals surface area contributed by atoms with Gasteiger partial charge in [0.15, 0.2) is 0 Å². The average molecular weight is 293 g/mol. The molecule has 0 aliphatic carbocycles. The zero-order valence-corrected chi connectivity index (χ0v) is 14.4. The first kappa shape index (κ1) is 18.0. The van der Waals surface area contributed by atoms with E-state index in [0.29, 0.717) is 11.8 Å². The van der Waals surface area contributed by atoms with E-state index in [0.717, 1.165) is 25.3 Å². The lowest BCUT2D eigenvalue weighted by molar-refractivity contribution is 0.125. The molecule has 0 heterocycles. The molecule has 1 N–H and O–H groups in total. The molecule has 0 aliphatic rings. The van der Waals surface area contributed by atoms with Crippen LogP contribution >= 0.6 is 0 Å². The van der Waals surface area contributed by atoms with E-state index in [2.05, 4.69) is 45.1 Å². The topological polar surface area (TPSA) is 30.5 Å². The van der Waals surface area contributed by atoms with E-state index < -0.39 is 0 Å². The molecule has 0 bridgehead atoms. The van der Waals surface area contributed by atoms with Crippen LogP contribution in [0.1, 0.15) is 33.3 Å². The summed E-state index contributed by atoms with van der Waals surface area (Å²) in [6.07, 6.45) is 1.05. The predicted molar refractivity (Wildman–Crippen MR) is 89.0 cm³/mol. The zero-order chi connectivity index (χ0) is 15.9. The van der Waals surface area contributed by atoms with Crippen molar-refractivity contribution in [2.45, 2.75) is 39.7 Å². The van der Waals surface area contributed by atoms with Gasteiger partial charge in [0.1, 0.15) is 5.75 Å². The number of rotatable bonds is 8. The zero-order valence-electron chi connectivity index (χ0n) is 14.4. The molecule has 0 saturated heterocycles. The molecule has 0 aromatic heterocycles. The fourth-order valence-electron chi connectivity index (χ4n) is 2.38. The molecule has 2 atom stereocenters. The molecule has 0 spiro atoms. The third-order valence-electron chi connectivity index (χ3n) is 3.79. The number of benzene rings is 1. The van der Waals surface area contributed by atoms with Crippen molar-refractivity contribution in [1.82, 2.24) is 5.32 Å². The van der Waals surface area contributed by atoms with E-state index >= 15 is 0 Å². The first-order valence-corrected chi connectivity index (χ1v) is 7.72. The maximum Gasteiger partial charge on any atom is 0.118 e. The number of hydrogen-bond donors (Lipinski definition) is 1. The molecule has 21 heavy (non-hydrogen) atoms. The molecule has 1 aromatic rings. The lowest BCUT2D eigenvalue weighted by Crippen LogP contribution is -2.41. The molecular weight excluding hydrogens is 262 g/mol. The van der Waals surface area contributed by atoms with Crippen LogP contribution in [0.5, 0.6) is 5.75 Å². The van der Waals surface area contributed by atoms with Gasteiger partial charge < -0.3 is 14.8 Å². The largest absolute Gasteiger partial charge is 0.497 e. The Hall–Kier alpha value is -1.06. The summed E-state index contributed by atoms with van der Waals surface area (Å²) in [5, 5.41) is 3.62. The first-order valence-electron chi connectivity index (χ1n) is 7.72. The third kappa shape index (κ3) is 6.96. The van der Waals surface area contributed by atoms with Gasteiger partial charge in [-0.25, -0.2) is 0 Å². The van der Waals surface area contributed by atoms with E-state index in [-0.39, 0.29) is 5.54 Å². The summed E-state index contributed by atoms with van der Waals surface area (Å²) in [5.74, 6) is 1.98. The fourth-order valence-corrected chi connectivity index (χ4v) is 2.38. The second-order valence-electron chi connectivity index (χ2n) is 6.88. The third-order valence-corrected chi connectivity index (χ3v) is 3.79. The van der Waals surface area contributed by atoms with Crippen molar-refractivity contribution in [3.63, 3.8) is 0 Å². The minimum Gasteiger partial charge on any atom is -0.497 e. The summed E-state index contributed by atoms with van der Waals surface area (Å²) in [4.78, 5) is 0. The Balaban J connectivity index is 2.70. The SMILES string of the molecule is COCC(C)C(CNC(C)(C)C)Cc1ccc(OC)cc1. The highest BCUT2D eigenvalue weighted by Crippen LogP contribution is 2.20. The van der Waals surface area contributed by atoms with E-state index in [1.807, 2.05) is 12.1 Å². The Labute approximate surface area is 130 Å². The highest BCUT2D eigenvalue weighted by atomic mass is 16.5. The van der Waals surface area contributed by atoms with Crippen molar-refractivity contribution in [3.05, 3.63) is 29.8 Å². The predicted octanol–water partition coefficient (Wildman–Crippen LogP) is 3.52. The van der Waals surface area contributed by atoms with Crippen LogP contribution in [0, 0.1) is 11.8 Å². The van der Waals surface area contributed by atoms with Crippen LogP contribution in [-0.2, 0) is 11.2 Å². The van der Waals surface area contributed by atoms with E-state index in [1.165, 1.54) is 5.56 Å². The maximum atomic E-state index is 5.34. The Morgan fingerprint density at radius 3 is 2.19 bits per heavy atom. The van der Waals surface area contributed by atoms with E-state index in [9.17, 15) is 0 Å². The van der Waals surface area contributed by atoms with Crippen molar-refractivity contribution in [2.24, 2.45) is 11.8 Å². The molecular formula is C18H31NO2. The smallest absolute Gasteiger partial charge is 0.118 e. The van der Waals surface area contributed by atoms with Gasteiger partial charge in [0.25, 0.3) is 0 Å². The quantitative estimate of drug-likeness (QED) is 0.795. The van der Waals surface area contributed by atoms with Gasteiger partial charge in [-0.05, 0) is 63.3 Å². The molecule has 0 amide bonds. The summed E-state index contributed by atoms with van der Waals surface area (Å²) >= 11 is 0. The molecule has 0 saturated carbocycles. The number of hydrogen-bond acceptors (Lipinski definition) is 3. The summed E-state index contributed by atoms with van der Waals surface area (Å²) in [5.41, 5.74) is 1.49. The molecule has 0 fully saturated rings. The standard InChI is InChI=1S/C18H31NO2/c1-14(13-20-5)16(12-19-18(2,3)4)11-15-7-9-17(21-6)10-8-15/h7-10,14,16,19H,11-13H2,1-6H3. The van der Waals surface area contributed by atoms with Crippen molar-refractivity contribution in [1.29, 1.82) is 0 Å². The second-order valence-corrected chi connectivity index (χ2v) is 6.88. The molecule has 3 nitrogen and oxygen atoms in total. The van der Waals surface area contributed by atoms with Gasteiger partial charge in [-0.15, -0.1) is 0 Å². The lowest BCUT2D eigenvalue weighted by atomic mass is 9.87. The van der Waals surface area contributed by atoms with Gasteiger partial charge in [0.05, 0.1) is 7.11 Å². The Morgan fingerprint density at radius 2 is 1.71 bits per heavy atom. The van der Waals surface area contributed by atoms with Crippen LogP contribution in [0.3, 0.4) is 0 Å². The number of ether oxygens (including phenoxy) is 2. The maximum absolute atomic E-state index is 5.34. The van der Waals surface area contributed by atoms with Gasteiger partial charge in [0, 0.05) is 19.3 Å². The van der Waals surface area contributed by atoms with E-state index in [1.54, 1.807) is 14.2 Å². The summed E-state index contributed by atoms with van der Waals surface area (Å²) in [7, 11) is 3.48. The molecule has 0 aliphatic heterocycles. The minimum absolute atomic E-state index is 0.144. The highest BCUT2D eigenvalue weighted by Gasteiger charge is 2.20.